The molecule has 1 aromatic carbocycles. The second kappa shape index (κ2) is 3.70. The molecule has 3 aromatic rings. The molecule has 17 heavy (non-hydrogen) atoms. The van der Waals surface area contributed by atoms with Crippen LogP contribution in [0.15, 0.2) is 42.5 Å². The fourth-order valence-corrected chi connectivity index (χ4v) is 2.00. The van der Waals surface area contributed by atoms with Crippen LogP contribution in [0.1, 0.15) is 11.4 Å². The summed E-state index contributed by atoms with van der Waals surface area (Å²) in [5, 5.41) is 4.48. The van der Waals surface area contributed by atoms with Crippen molar-refractivity contribution in [2.75, 3.05) is 0 Å². The molecule has 0 saturated heterocycles. The number of hydrogen-bond donors (Lipinski definition) is 0. The second-order valence-corrected chi connectivity index (χ2v) is 4.16. The van der Waals surface area contributed by atoms with Gasteiger partial charge in [0.15, 0.2) is 5.65 Å². The highest BCUT2D eigenvalue weighted by atomic mass is 15.3. The Labute approximate surface area is 99.7 Å². The summed E-state index contributed by atoms with van der Waals surface area (Å²) in [7, 11) is 0. The summed E-state index contributed by atoms with van der Waals surface area (Å²) in [6, 6.07) is 14.2. The molecule has 0 spiro atoms. The Balaban J connectivity index is 2.28. The van der Waals surface area contributed by atoms with Gasteiger partial charge < -0.3 is 0 Å². The van der Waals surface area contributed by atoms with Crippen LogP contribution >= 0.6 is 0 Å². The summed E-state index contributed by atoms with van der Waals surface area (Å²) in [6.45, 7) is 4.04. The number of imidazole rings is 1. The van der Waals surface area contributed by atoms with E-state index in [1.54, 1.807) is 0 Å². The molecule has 0 saturated carbocycles. The first-order valence-electron chi connectivity index (χ1n) is 5.64. The van der Waals surface area contributed by atoms with Gasteiger partial charge in [-0.15, -0.1) is 0 Å². The smallest absolute Gasteiger partial charge is 0.154 e. The van der Waals surface area contributed by atoms with E-state index in [9.17, 15) is 0 Å². The molecule has 2 aromatic heterocycles. The van der Waals surface area contributed by atoms with Crippen LogP contribution in [0, 0.1) is 13.8 Å². The van der Waals surface area contributed by atoms with Gasteiger partial charge in [-0.05, 0) is 26.0 Å². The number of fused-ring (bicyclic) bond motifs is 1. The summed E-state index contributed by atoms with van der Waals surface area (Å²) in [4.78, 5) is 4.62. The molecule has 0 radical (unpaired) electrons. The van der Waals surface area contributed by atoms with Crippen LogP contribution in [0.5, 0.6) is 0 Å². The molecule has 0 unspecified atom stereocenters. The highest BCUT2D eigenvalue weighted by Crippen LogP contribution is 2.22. The average Bonchev–Trinajstić information content (AvgIpc) is 2.68. The number of benzene rings is 1. The summed E-state index contributed by atoms with van der Waals surface area (Å²) in [5.74, 6) is 0. The maximum Gasteiger partial charge on any atom is 0.154 e. The zero-order valence-electron chi connectivity index (χ0n) is 9.88. The van der Waals surface area contributed by atoms with Crippen molar-refractivity contribution in [2.45, 2.75) is 13.8 Å². The van der Waals surface area contributed by atoms with Gasteiger partial charge in [0.05, 0.1) is 17.1 Å². The molecule has 84 valence electrons. The van der Waals surface area contributed by atoms with Crippen molar-refractivity contribution in [1.29, 1.82) is 0 Å². The van der Waals surface area contributed by atoms with Gasteiger partial charge in [0.2, 0.25) is 0 Å². The molecule has 0 amide bonds. The van der Waals surface area contributed by atoms with Crippen molar-refractivity contribution < 1.29 is 0 Å². The van der Waals surface area contributed by atoms with E-state index in [0.29, 0.717) is 0 Å². The number of hydrogen-bond acceptors (Lipinski definition) is 2. The van der Waals surface area contributed by atoms with Gasteiger partial charge in [-0.25, -0.2) is 9.50 Å². The largest absolute Gasteiger partial charge is 0.227 e. The maximum absolute atomic E-state index is 4.62. The van der Waals surface area contributed by atoms with Crippen LogP contribution in [-0.2, 0) is 0 Å². The molecule has 0 aliphatic rings. The van der Waals surface area contributed by atoms with Crippen LogP contribution < -0.4 is 0 Å². The van der Waals surface area contributed by atoms with Gasteiger partial charge >= 0.3 is 0 Å². The van der Waals surface area contributed by atoms with Crippen molar-refractivity contribution in [1.82, 2.24) is 14.6 Å². The molecule has 3 nitrogen and oxygen atoms in total. The van der Waals surface area contributed by atoms with Gasteiger partial charge in [0.1, 0.15) is 0 Å². The van der Waals surface area contributed by atoms with Crippen LogP contribution in [0.3, 0.4) is 0 Å². The molecule has 3 heteroatoms. The van der Waals surface area contributed by atoms with Gasteiger partial charge in [0.25, 0.3) is 0 Å². The second-order valence-electron chi connectivity index (χ2n) is 4.16. The summed E-state index contributed by atoms with van der Waals surface area (Å²) in [6.07, 6.45) is 0. The normalized spacial score (nSPS) is 10.9. The van der Waals surface area contributed by atoms with E-state index in [4.69, 9.17) is 0 Å². The number of nitrogens with zero attached hydrogens (tertiary/aromatic N) is 3. The first-order valence-corrected chi connectivity index (χ1v) is 5.64. The monoisotopic (exact) mass is 223 g/mol. The Bertz CT molecular complexity index is 669. The minimum atomic E-state index is 0.895. The minimum absolute atomic E-state index is 0.895. The van der Waals surface area contributed by atoms with Gasteiger partial charge in [-0.1, -0.05) is 30.3 Å². The molecule has 0 aliphatic carbocycles. The highest BCUT2D eigenvalue weighted by molar-refractivity contribution is 5.65. The van der Waals surface area contributed by atoms with Crippen molar-refractivity contribution in [3.8, 4) is 11.3 Å². The van der Waals surface area contributed by atoms with E-state index >= 15 is 0 Å². The predicted molar refractivity (Wildman–Crippen MR) is 67.9 cm³/mol. The zero-order valence-corrected chi connectivity index (χ0v) is 9.88. The molecule has 0 atom stereocenters. The highest BCUT2D eigenvalue weighted by Gasteiger charge is 2.10. The fourth-order valence-electron chi connectivity index (χ4n) is 2.00. The lowest BCUT2D eigenvalue weighted by molar-refractivity contribution is 0.871. The molecule has 2 heterocycles. The van der Waals surface area contributed by atoms with Crippen LogP contribution in [-0.4, -0.2) is 14.6 Å². The number of rotatable bonds is 1. The van der Waals surface area contributed by atoms with Gasteiger partial charge in [-0.2, -0.15) is 5.10 Å². The predicted octanol–water partition coefficient (Wildman–Crippen LogP) is 3.01. The van der Waals surface area contributed by atoms with Crippen molar-refractivity contribution in [2.24, 2.45) is 0 Å². The summed E-state index contributed by atoms with van der Waals surface area (Å²) >= 11 is 0. The summed E-state index contributed by atoms with van der Waals surface area (Å²) in [5.41, 5.74) is 5.11. The van der Waals surface area contributed by atoms with E-state index in [1.807, 2.05) is 41.8 Å². The Hall–Kier alpha value is -2.16. The van der Waals surface area contributed by atoms with E-state index < -0.39 is 0 Å². The molecule has 0 N–H and O–H groups in total. The van der Waals surface area contributed by atoms with Gasteiger partial charge in [-0.3, -0.25) is 0 Å². The topological polar surface area (TPSA) is 30.2 Å². The average molecular weight is 223 g/mol. The van der Waals surface area contributed by atoms with E-state index in [1.165, 1.54) is 0 Å². The lowest BCUT2D eigenvalue weighted by Gasteiger charge is -1.98. The first-order chi connectivity index (χ1) is 8.25. The minimum Gasteiger partial charge on any atom is -0.227 e. The number of aryl methyl sites for hydroxylation is 2. The molecular weight excluding hydrogens is 210 g/mol. The van der Waals surface area contributed by atoms with Crippen molar-refractivity contribution in [3.63, 3.8) is 0 Å². The third-order valence-corrected chi connectivity index (χ3v) is 2.88. The molecule has 0 aliphatic heterocycles. The lowest BCUT2D eigenvalue weighted by Crippen LogP contribution is -1.95. The molecule has 3 rings (SSSR count). The quantitative estimate of drug-likeness (QED) is 0.634. The van der Waals surface area contributed by atoms with E-state index in [2.05, 4.69) is 29.1 Å². The fraction of sp³-hybridized carbons (Fsp3) is 0.143. The Morgan fingerprint density at radius 3 is 2.47 bits per heavy atom. The maximum atomic E-state index is 4.62. The molecular formula is C14H13N3. The van der Waals surface area contributed by atoms with E-state index in [0.717, 1.165) is 28.3 Å². The Morgan fingerprint density at radius 1 is 0.941 bits per heavy atom. The number of aromatic nitrogens is 3. The first kappa shape index (κ1) is 10.0. The Morgan fingerprint density at radius 2 is 1.71 bits per heavy atom. The lowest BCUT2D eigenvalue weighted by atomic mass is 10.1. The SMILES string of the molecule is Cc1ccc2nc(-c3ccccc3)c(C)n2n1. The third kappa shape index (κ3) is 1.60. The molecule has 0 bridgehead atoms. The Kier molecular flexibility index (Phi) is 2.18. The van der Waals surface area contributed by atoms with Crippen LogP contribution in [0.25, 0.3) is 16.9 Å². The van der Waals surface area contributed by atoms with Crippen molar-refractivity contribution in [3.05, 3.63) is 53.9 Å². The van der Waals surface area contributed by atoms with Crippen molar-refractivity contribution >= 4 is 5.65 Å². The van der Waals surface area contributed by atoms with Crippen LogP contribution in [0.2, 0.25) is 0 Å². The molecule has 0 fully saturated rings. The third-order valence-electron chi connectivity index (χ3n) is 2.88. The van der Waals surface area contributed by atoms with Gasteiger partial charge in [0, 0.05) is 5.56 Å². The summed E-state index contributed by atoms with van der Waals surface area (Å²) < 4.78 is 1.90. The van der Waals surface area contributed by atoms with Crippen LogP contribution in [0.4, 0.5) is 0 Å². The zero-order chi connectivity index (χ0) is 11.8. The van der Waals surface area contributed by atoms with E-state index in [-0.39, 0.29) is 0 Å². The standard InChI is InChI=1S/C14H13N3/c1-10-8-9-13-15-14(11(2)17(13)16-10)12-6-4-3-5-7-12/h3-9H,1-2H3.